The Morgan fingerprint density at radius 2 is 2.00 bits per heavy atom. The SMILES string of the molecule is C=C1C(=O)O[C@@H]2/C=C(\CO)CC/C=C(\CO)CC[C@@H]12. The summed E-state index contributed by atoms with van der Waals surface area (Å²) in [5, 5.41) is 18.6. The van der Waals surface area contributed by atoms with Crippen molar-refractivity contribution in [3.05, 3.63) is 35.5 Å². The van der Waals surface area contributed by atoms with Crippen molar-refractivity contribution in [2.45, 2.75) is 31.8 Å². The number of hydrogen-bond acceptors (Lipinski definition) is 4. The largest absolute Gasteiger partial charge is 0.454 e. The summed E-state index contributed by atoms with van der Waals surface area (Å²) in [6.45, 7) is 3.81. The third-order valence-corrected chi connectivity index (χ3v) is 3.83. The first kappa shape index (κ1) is 14.0. The van der Waals surface area contributed by atoms with Gasteiger partial charge in [-0.3, -0.25) is 0 Å². The van der Waals surface area contributed by atoms with Gasteiger partial charge in [0.05, 0.1) is 13.2 Å². The first-order chi connectivity index (χ1) is 9.15. The molecule has 1 fully saturated rings. The standard InChI is InChI=1S/C15H20O4/c1-10-13-6-5-11(8-16)3-2-4-12(9-17)7-14(13)19-15(10)18/h3,7,13-14,16-17H,1-2,4-6,8-9H2/b11-3-,12-7-/t13-,14+/m0/s1. The van der Waals surface area contributed by atoms with E-state index < -0.39 is 0 Å². The second kappa shape index (κ2) is 6.17. The van der Waals surface area contributed by atoms with E-state index in [1.165, 1.54) is 0 Å². The van der Waals surface area contributed by atoms with Crippen molar-refractivity contribution < 1.29 is 19.7 Å². The molecular formula is C15H20O4. The Bertz CT molecular complexity index is 433. The zero-order chi connectivity index (χ0) is 13.8. The van der Waals surface area contributed by atoms with Crippen molar-refractivity contribution >= 4 is 5.97 Å². The molecule has 0 saturated carbocycles. The first-order valence-electron chi connectivity index (χ1n) is 6.64. The van der Waals surface area contributed by atoms with E-state index in [0.717, 1.165) is 30.4 Å². The molecule has 1 heterocycles. The number of aliphatic hydroxyl groups is 2. The van der Waals surface area contributed by atoms with Crippen molar-refractivity contribution in [2.24, 2.45) is 5.92 Å². The molecule has 0 aromatic heterocycles. The summed E-state index contributed by atoms with van der Waals surface area (Å²) in [6, 6.07) is 0. The number of fused-ring (bicyclic) bond motifs is 1. The zero-order valence-electron chi connectivity index (χ0n) is 11.0. The highest BCUT2D eigenvalue weighted by molar-refractivity contribution is 5.91. The van der Waals surface area contributed by atoms with Gasteiger partial charge in [-0.15, -0.1) is 0 Å². The smallest absolute Gasteiger partial charge is 0.334 e. The molecule has 1 aliphatic carbocycles. The average Bonchev–Trinajstić information content (AvgIpc) is 2.68. The van der Waals surface area contributed by atoms with Crippen LogP contribution in [0.2, 0.25) is 0 Å². The van der Waals surface area contributed by atoms with Gasteiger partial charge in [-0.25, -0.2) is 4.79 Å². The highest BCUT2D eigenvalue weighted by Gasteiger charge is 2.37. The van der Waals surface area contributed by atoms with Gasteiger partial charge in [-0.2, -0.15) is 0 Å². The van der Waals surface area contributed by atoms with Crippen molar-refractivity contribution in [3.63, 3.8) is 0 Å². The highest BCUT2D eigenvalue weighted by atomic mass is 16.5. The predicted molar refractivity (Wildman–Crippen MR) is 71.3 cm³/mol. The molecule has 19 heavy (non-hydrogen) atoms. The monoisotopic (exact) mass is 264 g/mol. The molecule has 0 amide bonds. The molecule has 0 aromatic carbocycles. The van der Waals surface area contributed by atoms with Crippen LogP contribution >= 0.6 is 0 Å². The molecule has 2 atom stereocenters. The Balaban J connectivity index is 2.25. The van der Waals surface area contributed by atoms with Gasteiger partial charge in [0.2, 0.25) is 0 Å². The zero-order valence-corrected chi connectivity index (χ0v) is 11.0. The lowest BCUT2D eigenvalue weighted by molar-refractivity contribution is -0.137. The van der Waals surface area contributed by atoms with E-state index in [1.54, 1.807) is 0 Å². The molecule has 0 unspecified atom stereocenters. The Labute approximate surface area is 113 Å². The van der Waals surface area contributed by atoms with Crippen LogP contribution in [0.15, 0.2) is 35.5 Å². The number of rotatable bonds is 2. The van der Waals surface area contributed by atoms with Crippen LogP contribution in [0.4, 0.5) is 0 Å². The fourth-order valence-electron chi connectivity index (χ4n) is 2.62. The molecule has 2 rings (SSSR count). The highest BCUT2D eigenvalue weighted by Crippen LogP contribution is 2.34. The molecule has 4 nitrogen and oxygen atoms in total. The minimum Gasteiger partial charge on any atom is -0.454 e. The van der Waals surface area contributed by atoms with Crippen LogP contribution in [0.3, 0.4) is 0 Å². The molecule has 2 aliphatic rings. The van der Waals surface area contributed by atoms with Gasteiger partial charge in [-0.1, -0.05) is 12.7 Å². The number of esters is 1. The lowest BCUT2D eigenvalue weighted by Gasteiger charge is -2.18. The number of carbonyl (C=O) groups is 1. The van der Waals surface area contributed by atoms with Crippen LogP contribution in [0, 0.1) is 5.92 Å². The summed E-state index contributed by atoms with van der Waals surface area (Å²) >= 11 is 0. The lowest BCUT2D eigenvalue weighted by atomic mass is 9.88. The van der Waals surface area contributed by atoms with Gasteiger partial charge < -0.3 is 14.9 Å². The van der Waals surface area contributed by atoms with Gasteiger partial charge in [-0.05, 0) is 42.9 Å². The Morgan fingerprint density at radius 1 is 1.26 bits per heavy atom. The van der Waals surface area contributed by atoms with Crippen LogP contribution in [0.5, 0.6) is 0 Å². The molecule has 0 radical (unpaired) electrons. The van der Waals surface area contributed by atoms with Gasteiger partial charge in [0, 0.05) is 11.5 Å². The summed E-state index contributed by atoms with van der Waals surface area (Å²) in [5.74, 6) is -0.403. The fraction of sp³-hybridized carbons (Fsp3) is 0.533. The van der Waals surface area contributed by atoms with E-state index in [4.69, 9.17) is 4.74 Å². The summed E-state index contributed by atoms with van der Waals surface area (Å²) in [4.78, 5) is 11.6. The van der Waals surface area contributed by atoms with Crippen LogP contribution < -0.4 is 0 Å². The Kier molecular flexibility index (Phi) is 4.56. The molecule has 0 aromatic rings. The number of ether oxygens (including phenoxy) is 1. The van der Waals surface area contributed by atoms with Crippen molar-refractivity contribution in [1.82, 2.24) is 0 Å². The average molecular weight is 264 g/mol. The third kappa shape index (κ3) is 3.14. The van der Waals surface area contributed by atoms with E-state index in [1.807, 2.05) is 12.2 Å². The maximum Gasteiger partial charge on any atom is 0.334 e. The number of carbonyl (C=O) groups excluding carboxylic acids is 1. The minimum atomic E-state index is -0.350. The summed E-state index contributed by atoms with van der Waals surface area (Å²) in [7, 11) is 0. The van der Waals surface area contributed by atoms with Gasteiger partial charge >= 0.3 is 5.97 Å². The van der Waals surface area contributed by atoms with E-state index in [9.17, 15) is 15.0 Å². The predicted octanol–water partition coefficient (Wildman–Crippen LogP) is 1.50. The Morgan fingerprint density at radius 3 is 2.68 bits per heavy atom. The van der Waals surface area contributed by atoms with Crippen LogP contribution in [-0.4, -0.2) is 35.5 Å². The molecular weight excluding hydrogens is 244 g/mol. The lowest BCUT2D eigenvalue weighted by Crippen LogP contribution is -2.16. The van der Waals surface area contributed by atoms with Crippen molar-refractivity contribution in [3.8, 4) is 0 Å². The van der Waals surface area contributed by atoms with Gasteiger partial charge in [0.15, 0.2) is 0 Å². The maximum atomic E-state index is 11.6. The Hall–Kier alpha value is -1.39. The van der Waals surface area contributed by atoms with Gasteiger partial charge in [0.1, 0.15) is 6.10 Å². The topological polar surface area (TPSA) is 66.8 Å². The molecule has 0 spiro atoms. The minimum absolute atomic E-state index is 0.0322. The molecule has 0 bridgehead atoms. The second-order valence-corrected chi connectivity index (χ2v) is 5.08. The van der Waals surface area contributed by atoms with E-state index in [2.05, 4.69) is 6.58 Å². The fourth-order valence-corrected chi connectivity index (χ4v) is 2.62. The molecule has 2 N–H and O–H groups in total. The second-order valence-electron chi connectivity index (χ2n) is 5.08. The maximum absolute atomic E-state index is 11.6. The number of hydrogen-bond donors (Lipinski definition) is 2. The van der Waals surface area contributed by atoms with Crippen LogP contribution in [0.1, 0.15) is 25.7 Å². The summed E-state index contributed by atoms with van der Waals surface area (Å²) in [5.41, 5.74) is 2.34. The quantitative estimate of drug-likeness (QED) is 0.450. The first-order valence-corrected chi connectivity index (χ1v) is 6.64. The molecule has 1 aliphatic heterocycles. The molecule has 4 heteroatoms. The van der Waals surface area contributed by atoms with E-state index in [0.29, 0.717) is 12.0 Å². The third-order valence-electron chi connectivity index (χ3n) is 3.83. The van der Waals surface area contributed by atoms with Crippen molar-refractivity contribution in [2.75, 3.05) is 13.2 Å². The number of allylic oxidation sites excluding steroid dienone is 1. The summed E-state index contributed by atoms with van der Waals surface area (Å²) in [6.07, 6.45) is 6.54. The molecule has 104 valence electrons. The van der Waals surface area contributed by atoms with E-state index in [-0.39, 0.29) is 31.2 Å². The van der Waals surface area contributed by atoms with Gasteiger partial charge in [0.25, 0.3) is 0 Å². The van der Waals surface area contributed by atoms with Crippen LogP contribution in [-0.2, 0) is 9.53 Å². The van der Waals surface area contributed by atoms with E-state index >= 15 is 0 Å². The van der Waals surface area contributed by atoms with Crippen LogP contribution in [0.25, 0.3) is 0 Å². The summed E-state index contributed by atoms with van der Waals surface area (Å²) < 4.78 is 5.30. The normalized spacial score (nSPS) is 33.8. The van der Waals surface area contributed by atoms with Crippen molar-refractivity contribution in [1.29, 1.82) is 0 Å². The number of aliphatic hydroxyl groups excluding tert-OH is 2. The molecule has 1 saturated heterocycles.